The Balaban J connectivity index is 1.11. The predicted octanol–water partition coefficient (Wildman–Crippen LogP) is 4.80. The van der Waals surface area contributed by atoms with Gasteiger partial charge in [0.15, 0.2) is 0 Å². The number of rotatable bonds is 7. The van der Waals surface area contributed by atoms with Crippen LogP contribution in [0.3, 0.4) is 0 Å². The largest absolute Gasteiger partial charge is 0.490 e. The Bertz CT molecular complexity index is 1180. The molecule has 7 heteroatoms. The van der Waals surface area contributed by atoms with Gasteiger partial charge >= 0.3 is 0 Å². The third-order valence-electron chi connectivity index (χ3n) is 6.69. The van der Waals surface area contributed by atoms with Gasteiger partial charge in [0.25, 0.3) is 5.91 Å². The molecule has 3 aromatic rings. The van der Waals surface area contributed by atoms with Gasteiger partial charge in [0.05, 0.1) is 5.56 Å². The van der Waals surface area contributed by atoms with E-state index in [2.05, 4.69) is 10.2 Å². The fraction of sp³-hybridized carbons (Fsp3) is 0.321. The molecule has 0 radical (unpaired) electrons. The summed E-state index contributed by atoms with van der Waals surface area (Å²) >= 11 is 6.14. The van der Waals surface area contributed by atoms with Crippen molar-refractivity contribution in [3.05, 3.63) is 88.9 Å². The Morgan fingerprint density at radius 3 is 2.63 bits per heavy atom. The number of piperidine rings is 1. The summed E-state index contributed by atoms with van der Waals surface area (Å²) in [5.41, 5.74) is 2.15. The fourth-order valence-corrected chi connectivity index (χ4v) is 5.06. The quantitative estimate of drug-likeness (QED) is 0.495. The third kappa shape index (κ3) is 5.61. The number of fused-ring (bicyclic) bond motifs is 1. The average molecular weight is 493 g/mol. The second-order valence-electron chi connectivity index (χ2n) is 9.30. The number of amides is 1. The van der Waals surface area contributed by atoms with Crippen molar-refractivity contribution in [2.75, 3.05) is 31.6 Å². The van der Waals surface area contributed by atoms with E-state index in [1.165, 1.54) is 5.56 Å². The number of aliphatic hydroxyl groups excluding tert-OH is 1. The van der Waals surface area contributed by atoms with Crippen molar-refractivity contribution in [3.8, 4) is 11.5 Å². The van der Waals surface area contributed by atoms with Gasteiger partial charge in [-0.15, -0.1) is 0 Å². The second kappa shape index (κ2) is 10.3. The lowest BCUT2D eigenvalue weighted by Crippen LogP contribution is -2.49. The molecule has 2 aliphatic heterocycles. The van der Waals surface area contributed by atoms with Crippen LogP contribution in [0.5, 0.6) is 11.5 Å². The molecular formula is C28H29ClN2O4. The predicted molar refractivity (Wildman–Crippen MR) is 137 cm³/mol. The number of β-amino-alcohol motifs (C(OH)–C–C–N with tert-alkyl or cyclic N) is 1. The van der Waals surface area contributed by atoms with Gasteiger partial charge in [-0.2, -0.15) is 0 Å². The minimum absolute atomic E-state index is 0.109. The molecule has 1 atom stereocenters. The number of halogens is 1. The maximum Gasteiger partial charge on any atom is 0.259 e. The van der Waals surface area contributed by atoms with E-state index in [9.17, 15) is 9.90 Å². The number of likely N-dealkylation sites (tertiary alicyclic amines) is 1. The molecule has 0 unspecified atom stereocenters. The molecule has 1 amide bonds. The first kappa shape index (κ1) is 23.7. The number of hydrogen-bond acceptors (Lipinski definition) is 5. The van der Waals surface area contributed by atoms with Gasteiger partial charge in [0.2, 0.25) is 0 Å². The second-order valence-corrected chi connectivity index (χ2v) is 9.73. The van der Waals surface area contributed by atoms with Crippen LogP contribution < -0.4 is 14.8 Å². The van der Waals surface area contributed by atoms with Gasteiger partial charge in [-0.05, 0) is 48.0 Å². The van der Waals surface area contributed by atoms with E-state index in [1.54, 1.807) is 18.2 Å². The van der Waals surface area contributed by atoms with E-state index >= 15 is 0 Å². The van der Waals surface area contributed by atoms with Crippen LogP contribution in [0.2, 0.25) is 5.02 Å². The lowest BCUT2D eigenvalue weighted by atomic mass is 9.87. The number of para-hydroxylation sites is 2. The maximum absolute atomic E-state index is 12.7. The number of benzene rings is 3. The summed E-state index contributed by atoms with van der Waals surface area (Å²) in [4.78, 5) is 15.0. The van der Waals surface area contributed by atoms with Crippen molar-refractivity contribution in [1.82, 2.24) is 4.90 Å². The summed E-state index contributed by atoms with van der Waals surface area (Å²) in [5.74, 6) is 1.14. The highest BCUT2D eigenvalue weighted by Gasteiger charge is 2.42. The highest BCUT2D eigenvalue weighted by atomic mass is 35.5. The molecule has 0 aromatic heterocycles. The van der Waals surface area contributed by atoms with Gasteiger partial charge in [-0.1, -0.05) is 41.9 Å². The number of aliphatic hydroxyl groups is 1. The van der Waals surface area contributed by atoms with Crippen molar-refractivity contribution in [3.63, 3.8) is 0 Å². The molecular weight excluding hydrogens is 464 g/mol. The molecule has 182 valence electrons. The number of ether oxygens (including phenoxy) is 2. The van der Waals surface area contributed by atoms with Crippen molar-refractivity contribution < 1.29 is 19.4 Å². The van der Waals surface area contributed by atoms with Crippen LogP contribution in [-0.2, 0) is 6.42 Å². The van der Waals surface area contributed by atoms with Crippen LogP contribution in [0.25, 0.3) is 0 Å². The number of nitrogens with one attached hydrogen (secondary N) is 1. The maximum atomic E-state index is 12.7. The highest BCUT2D eigenvalue weighted by Crippen LogP contribution is 2.41. The molecule has 3 aromatic carbocycles. The standard InChI is InChI=1S/C28H29ClN2O4/c29-21-10-11-25-20(16-21)17-28(35-25)12-14-31(15-13-28)18-23(32)19-34-26-9-5-4-8-24(26)27(33)30-22-6-2-1-3-7-22/h1-11,16,23,32H,12-15,17-19H2,(H,30,33)/t23-/m0/s1. The summed E-state index contributed by atoms with van der Waals surface area (Å²) in [6.07, 6.45) is 2.00. The van der Waals surface area contributed by atoms with Gasteiger partial charge in [-0.3, -0.25) is 4.79 Å². The van der Waals surface area contributed by atoms with Crippen LogP contribution in [0.4, 0.5) is 5.69 Å². The number of nitrogens with zero attached hydrogens (tertiary/aromatic N) is 1. The Kier molecular flexibility index (Phi) is 6.95. The van der Waals surface area contributed by atoms with E-state index in [-0.39, 0.29) is 18.1 Å². The molecule has 2 heterocycles. The molecule has 2 aliphatic rings. The van der Waals surface area contributed by atoms with Gasteiger partial charge in [-0.25, -0.2) is 0 Å². The van der Waals surface area contributed by atoms with Crippen LogP contribution in [0.15, 0.2) is 72.8 Å². The highest BCUT2D eigenvalue weighted by molar-refractivity contribution is 6.30. The minimum atomic E-state index is -0.671. The molecule has 35 heavy (non-hydrogen) atoms. The lowest BCUT2D eigenvalue weighted by molar-refractivity contribution is -0.00199. The van der Waals surface area contributed by atoms with Crippen LogP contribution in [-0.4, -0.2) is 53.9 Å². The Hall–Kier alpha value is -3.06. The molecule has 1 saturated heterocycles. The van der Waals surface area contributed by atoms with Crippen molar-refractivity contribution in [2.24, 2.45) is 0 Å². The molecule has 2 N–H and O–H groups in total. The molecule has 0 bridgehead atoms. The number of anilines is 1. The van der Waals surface area contributed by atoms with Crippen LogP contribution >= 0.6 is 11.6 Å². The van der Waals surface area contributed by atoms with Gasteiger partial charge in [0, 0.05) is 49.6 Å². The zero-order valence-electron chi connectivity index (χ0n) is 19.5. The molecule has 0 saturated carbocycles. The first-order valence-electron chi connectivity index (χ1n) is 12.0. The SMILES string of the molecule is O=C(Nc1ccccc1)c1ccccc1OC[C@@H](O)CN1CCC2(CC1)Cc1cc(Cl)ccc1O2. The summed E-state index contributed by atoms with van der Waals surface area (Å²) in [6, 6.07) is 22.2. The molecule has 5 rings (SSSR count). The molecule has 6 nitrogen and oxygen atoms in total. The molecule has 1 fully saturated rings. The lowest BCUT2D eigenvalue weighted by Gasteiger charge is -2.39. The normalized spacial score (nSPS) is 17.4. The van der Waals surface area contributed by atoms with E-state index in [1.807, 2.05) is 54.6 Å². The van der Waals surface area contributed by atoms with Gasteiger partial charge < -0.3 is 24.8 Å². The van der Waals surface area contributed by atoms with Crippen LogP contribution in [0.1, 0.15) is 28.8 Å². The summed E-state index contributed by atoms with van der Waals surface area (Å²) in [7, 11) is 0. The van der Waals surface area contributed by atoms with Crippen molar-refractivity contribution >= 4 is 23.2 Å². The first-order valence-corrected chi connectivity index (χ1v) is 12.3. The number of carbonyl (C=O) groups is 1. The Labute approximate surface area is 210 Å². The number of hydrogen-bond donors (Lipinski definition) is 2. The summed E-state index contributed by atoms with van der Waals surface area (Å²) in [6.45, 7) is 2.30. The fourth-order valence-electron chi connectivity index (χ4n) is 4.86. The Morgan fingerprint density at radius 1 is 1.09 bits per heavy atom. The summed E-state index contributed by atoms with van der Waals surface area (Å²) in [5, 5.41) is 14.3. The Morgan fingerprint density at radius 2 is 1.83 bits per heavy atom. The van der Waals surface area contributed by atoms with E-state index in [0.29, 0.717) is 23.5 Å². The van der Waals surface area contributed by atoms with Crippen LogP contribution in [0, 0.1) is 0 Å². The monoisotopic (exact) mass is 492 g/mol. The smallest absolute Gasteiger partial charge is 0.259 e. The number of carbonyl (C=O) groups excluding carboxylic acids is 1. The van der Waals surface area contributed by atoms with E-state index in [0.717, 1.165) is 43.1 Å². The van der Waals surface area contributed by atoms with Crippen molar-refractivity contribution in [1.29, 1.82) is 0 Å². The van der Waals surface area contributed by atoms with E-state index in [4.69, 9.17) is 21.1 Å². The molecule has 0 aliphatic carbocycles. The zero-order chi connectivity index (χ0) is 24.3. The average Bonchev–Trinajstić information content (AvgIpc) is 3.22. The molecule has 1 spiro atoms. The van der Waals surface area contributed by atoms with E-state index < -0.39 is 6.10 Å². The zero-order valence-corrected chi connectivity index (χ0v) is 20.2. The van der Waals surface area contributed by atoms with Crippen molar-refractivity contribution in [2.45, 2.75) is 31.0 Å². The topological polar surface area (TPSA) is 71.0 Å². The summed E-state index contributed by atoms with van der Waals surface area (Å²) < 4.78 is 12.2. The minimum Gasteiger partial charge on any atom is -0.490 e. The first-order chi connectivity index (χ1) is 17.0. The third-order valence-corrected chi connectivity index (χ3v) is 6.93. The van der Waals surface area contributed by atoms with Gasteiger partial charge in [0.1, 0.15) is 29.8 Å².